The zero-order valence-corrected chi connectivity index (χ0v) is 14.9. The summed E-state index contributed by atoms with van der Waals surface area (Å²) in [7, 11) is 0. The van der Waals surface area contributed by atoms with Crippen molar-refractivity contribution >= 4 is 12.0 Å². The lowest BCUT2D eigenvalue weighted by Crippen LogP contribution is -2.32. The molecule has 2 aromatic carbocycles. The van der Waals surface area contributed by atoms with Gasteiger partial charge in [0.2, 0.25) is 5.91 Å². The third kappa shape index (κ3) is 4.64. The molecular weight excluding hydrogens is 346 g/mol. The predicted octanol–water partition coefficient (Wildman–Crippen LogP) is 1.92. The number of nitrogens with two attached hydrogens (primary N) is 1. The molecule has 0 bridgehead atoms. The minimum absolute atomic E-state index is 0.0405. The standard InChI is InChI=1S/C20H23N3O4/c21-27-13-19(24)22-10-5-11-23-20(25)26-12-18-16-8-3-1-6-14(16)15-7-2-4-9-17(15)18/h1-4,6-9,18H,5,10-13,21H2,(H,22,24)(H,23,25). The Labute approximate surface area is 157 Å². The summed E-state index contributed by atoms with van der Waals surface area (Å²) >= 11 is 0. The highest BCUT2D eigenvalue weighted by Crippen LogP contribution is 2.44. The van der Waals surface area contributed by atoms with Gasteiger partial charge >= 0.3 is 6.09 Å². The predicted molar refractivity (Wildman–Crippen MR) is 101 cm³/mol. The summed E-state index contributed by atoms with van der Waals surface area (Å²) in [6, 6.07) is 16.4. The monoisotopic (exact) mass is 369 g/mol. The third-order valence-corrected chi connectivity index (χ3v) is 4.50. The van der Waals surface area contributed by atoms with Gasteiger partial charge < -0.3 is 15.4 Å². The van der Waals surface area contributed by atoms with Crippen LogP contribution in [-0.2, 0) is 14.4 Å². The molecule has 1 aliphatic rings. The van der Waals surface area contributed by atoms with Gasteiger partial charge in [-0.2, -0.15) is 0 Å². The average Bonchev–Trinajstić information content (AvgIpc) is 3.00. The Morgan fingerprint density at radius 2 is 1.52 bits per heavy atom. The van der Waals surface area contributed by atoms with Gasteiger partial charge in [-0.3, -0.25) is 9.63 Å². The van der Waals surface area contributed by atoms with Crippen molar-refractivity contribution in [3.05, 3.63) is 59.7 Å². The topological polar surface area (TPSA) is 103 Å². The van der Waals surface area contributed by atoms with Crippen LogP contribution in [0.4, 0.5) is 4.79 Å². The molecule has 1 aliphatic carbocycles. The Kier molecular flexibility index (Phi) is 6.40. The van der Waals surface area contributed by atoms with Crippen LogP contribution in [0.3, 0.4) is 0 Å². The molecule has 0 fully saturated rings. The Bertz CT molecular complexity index is 764. The molecule has 0 heterocycles. The Balaban J connectivity index is 1.46. The van der Waals surface area contributed by atoms with Gasteiger partial charge in [0.25, 0.3) is 0 Å². The molecule has 0 aromatic heterocycles. The molecule has 0 radical (unpaired) electrons. The summed E-state index contributed by atoms with van der Waals surface area (Å²) < 4.78 is 5.43. The fourth-order valence-corrected chi connectivity index (χ4v) is 3.28. The summed E-state index contributed by atoms with van der Waals surface area (Å²) in [6.45, 7) is 0.927. The van der Waals surface area contributed by atoms with Crippen molar-refractivity contribution in [1.29, 1.82) is 0 Å². The summed E-state index contributed by atoms with van der Waals surface area (Å²) in [5.41, 5.74) is 4.74. The van der Waals surface area contributed by atoms with Gasteiger partial charge in [0.05, 0.1) is 0 Å². The van der Waals surface area contributed by atoms with Gasteiger partial charge in [0, 0.05) is 19.0 Å². The van der Waals surface area contributed by atoms with Crippen LogP contribution in [0, 0.1) is 0 Å². The number of hydrogen-bond donors (Lipinski definition) is 3. The van der Waals surface area contributed by atoms with E-state index >= 15 is 0 Å². The van der Waals surface area contributed by atoms with Crippen molar-refractivity contribution in [2.24, 2.45) is 5.90 Å². The molecule has 142 valence electrons. The molecule has 7 nitrogen and oxygen atoms in total. The second-order valence-corrected chi connectivity index (χ2v) is 6.27. The van der Waals surface area contributed by atoms with Crippen LogP contribution in [0.5, 0.6) is 0 Å². The fraction of sp³-hybridized carbons (Fsp3) is 0.300. The normalized spacial score (nSPS) is 12.2. The molecular formula is C20H23N3O4. The molecule has 2 aromatic rings. The quantitative estimate of drug-likeness (QED) is 0.487. The second-order valence-electron chi connectivity index (χ2n) is 6.27. The van der Waals surface area contributed by atoms with Crippen molar-refractivity contribution in [3.63, 3.8) is 0 Å². The van der Waals surface area contributed by atoms with Crippen LogP contribution >= 0.6 is 0 Å². The van der Waals surface area contributed by atoms with Crippen molar-refractivity contribution in [3.8, 4) is 11.1 Å². The smallest absolute Gasteiger partial charge is 0.407 e. The lowest BCUT2D eigenvalue weighted by Gasteiger charge is -2.14. The first-order valence-corrected chi connectivity index (χ1v) is 8.88. The van der Waals surface area contributed by atoms with Crippen LogP contribution in [0.15, 0.2) is 48.5 Å². The van der Waals surface area contributed by atoms with Gasteiger partial charge in [-0.1, -0.05) is 48.5 Å². The van der Waals surface area contributed by atoms with Crippen LogP contribution < -0.4 is 16.5 Å². The second kappa shape index (κ2) is 9.16. The molecule has 0 saturated heterocycles. The molecule has 0 spiro atoms. The number of fused-ring (bicyclic) bond motifs is 3. The first-order chi connectivity index (χ1) is 13.2. The highest BCUT2D eigenvalue weighted by atomic mass is 16.6. The van der Waals surface area contributed by atoms with E-state index in [-0.39, 0.29) is 25.0 Å². The van der Waals surface area contributed by atoms with Crippen LogP contribution in [0.1, 0.15) is 23.5 Å². The molecule has 2 amide bonds. The minimum Gasteiger partial charge on any atom is -0.449 e. The highest BCUT2D eigenvalue weighted by molar-refractivity contribution is 5.79. The largest absolute Gasteiger partial charge is 0.449 e. The van der Waals surface area contributed by atoms with Crippen molar-refractivity contribution in [2.45, 2.75) is 12.3 Å². The molecule has 27 heavy (non-hydrogen) atoms. The van der Waals surface area contributed by atoms with Gasteiger partial charge in [0.15, 0.2) is 0 Å². The Morgan fingerprint density at radius 3 is 2.15 bits per heavy atom. The van der Waals surface area contributed by atoms with E-state index in [9.17, 15) is 9.59 Å². The zero-order chi connectivity index (χ0) is 19.1. The maximum Gasteiger partial charge on any atom is 0.407 e. The van der Waals surface area contributed by atoms with Crippen LogP contribution in [0.25, 0.3) is 11.1 Å². The lowest BCUT2D eigenvalue weighted by molar-refractivity contribution is -0.125. The van der Waals surface area contributed by atoms with Gasteiger partial charge in [-0.05, 0) is 28.7 Å². The van der Waals surface area contributed by atoms with E-state index in [1.807, 2.05) is 24.3 Å². The molecule has 3 rings (SSSR count). The zero-order valence-electron chi connectivity index (χ0n) is 14.9. The summed E-state index contributed by atoms with van der Waals surface area (Å²) in [5.74, 6) is 4.56. The molecule has 0 atom stereocenters. The van der Waals surface area contributed by atoms with E-state index in [2.05, 4.69) is 39.7 Å². The van der Waals surface area contributed by atoms with E-state index in [0.717, 1.165) is 0 Å². The number of nitrogens with one attached hydrogen (secondary N) is 2. The number of carbonyl (C=O) groups excluding carboxylic acids is 2. The van der Waals surface area contributed by atoms with E-state index in [0.29, 0.717) is 19.5 Å². The number of alkyl carbamates (subject to hydrolysis) is 1. The van der Waals surface area contributed by atoms with Crippen LogP contribution in [-0.4, -0.2) is 38.3 Å². The third-order valence-electron chi connectivity index (χ3n) is 4.50. The van der Waals surface area contributed by atoms with Gasteiger partial charge in [0.1, 0.15) is 13.2 Å². The number of carbonyl (C=O) groups is 2. The number of hydrogen-bond acceptors (Lipinski definition) is 5. The van der Waals surface area contributed by atoms with Crippen molar-refractivity contribution in [1.82, 2.24) is 10.6 Å². The Morgan fingerprint density at radius 1 is 0.926 bits per heavy atom. The van der Waals surface area contributed by atoms with Gasteiger partial charge in [-0.25, -0.2) is 10.7 Å². The first-order valence-electron chi connectivity index (χ1n) is 8.88. The SMILES string of the molecule is NOCC(=O)NCCCNC(=O)OCC1c2ccccc2-c2ccccc21. The average molecular weight is 369 g/mol. The van der Waals surface area contributed by atoms with Crippen LogP contribution in [0.2, 0.25) is 0 Å². The van der Waals surface area contributed by atoms with Crippen molar-refractivity contribution < 1.29 is 19.2 Å². The fourth-order valence-electron chi connectivity index (χ4n) is 3.28. The lowest BCUT2D eigenvalue weighted by atomic mass is 9.98. The first kappa shape index (κ1) is 18.9. The molecule has 0 saturated carbocycles. The van der Waals surface area contributed by atoms with E-state index in [1.165, 1.54) is 22.3 Å². The Hall–Kier alpha value is -2.90. The number of benzene rings is 2. The van der Waals surface area contributed by atoms with E-state index in [1.54, 1.807) is 0 Å². The summed E-state index contributed by atoms with van der Waals surface area (Å²) in [5, 5.41) is 5.31. The molecule has 0 aliphatic heterocycles. The number of amides is 2. The van der Waals surface area contributed by atoms with Gasteiger partial charge in [-0.15, -0.1) is 0 Å². The summed E-state index contributed by atoms with van der Waals surface area (Å²) in [4.78, 5) is 27.4. The maximum absolute atomic E-state index is 12.0. The number of ether oxygens (including phenoxy) is 1. The van der Waals surface area contributed by atoms with E-state index < -0.39 is 6.09 Å². The van der Waals surface area contributed by atoms with Crippen molar-refractivity contribution in [2.75, 3.05) is 26.3 Å². The highest BCUT2D eigenvalue weighted by Gasteiger charge is 2.28. The maximum atomic E-state index is 12.0. The molecule has 7 heteroatoms. The molecule has 4 N–H and O–H groups in total. The molecule has 0 unspecified atom stereocenters. The number of rotatable bonds is 8. The summed E-state index contributed by atoms with van der Waals surface area (Å²) in [6.07, 6.45) is 0.119. The van der Waals surface area contributed by atoms with E-state index in [4.69, 9.17) is 10.6 Å². The minimum atomic E-state index is -0.464.